The van der Waals surface area contributed by atoms with Crippen LogP contribution in [0.25, 0.3) is 0 Å². The Labute approximate surface area is 243 Å². The van der Waals surface area contributed by atoms with Crippen molar-refractivity contribution in [3.8, 4) is 0 Å². The third-order valence-corrected chi connectivity index (χ3v) is 8.88. The standard InChI is InChI=1S/C29H29Cl2N3O5S/c1-19(2)16-32-28(36)25(14-20-8-4-3-5-9-20)33(17-21-12-13-22(30)15-24(21)31)27(35)18-34-29(37)23-10-6-7-11-26(23)40(34,38)39/h3-13,15,19,25H,14,16-18H2,1-2H3,(H,32,36)/t25-/m1/s1. The fourth-order valence-corrected chi connectivity index (χ4v) is 6.40. The first-order chi connectivity index (χ1) is 19.0. The van der Waals surface area contributed by atoms with Crippen molar-refractivity contribution >= 4 is 50.9 Å². The molecule has 1 aliphatic rings. The van der Waals surface area contributed by atoms with Crippen LogP contribution in [0.5, 0.6) is 0 Å². The topological polar surface area (TPSA) is 104 Å². The van der Waals surface area contributed by atoms with E-state index >= 15 is 0 Å². The highest BCUT2D eigenvalue weighted by molar-refractivity contribution is 7.90. The fourth-order valence-electron chi connectivity index (χ4n) is 4.41. The summed E-state index contributed by atoms with van der Waals surface area (Å²) in [6.07, 6.45) is 0.155. The molecule has 3 aromatic carbocycles. The van der Waals surface area contributed by atoms with E-state index in [0.29, 0.717) is 21.4 Å². The highest BCUT2D eigenvalue weighted by Gasteiger charge is 2.43. The summed E-state index contributed by atoms with van der Waals surface area (Å²) in [5.41, 5.74) is 1.30. The van der Waals surface area contributed by atoms with Crippen LogP contribution < -0.4 is 5.32 Å². The highest BCUT2D eigenvalue weighted by Crippen LogP contribution is 2.30. The van der Waals surface area contributed by atoms with Gasteiger partial charge in [0.2, 0.25) is 11.8 Å². The molecule has 1 atom stereocenters. The van der Waals surface area contributed by atoms with Crippen LogP contribution in [0.1, 0.15) is 35.3 Å². The summed E-state index contributed by atoms with van der Waals surface area (Å²) < 4.78 is 26.9. The van der Waals surface area contributed by atoms with E-state index in [0.717, 1.165) is 5.56 Å². The van der Waals surface area contributed by atoms with Crippen molar-refractivity contribution in [3.05, 3.63) is 99.5 Å². The molecular formula is C29H29Cl2N3O5S. The Morgan fingerprint density at radius 2 is 1.65 bits per heavy atom. The maximum atomic E-state index is 14.0. The molecule has 210 valence electrons. The van der Waals surface area contributed by atoms with Gasteiger partial charge in [-0.1, -0.05) is 85.6 Å². The van der Waals surface area contributed by atoms with Crippen LogP contribution in [0.3, 0.4) is 0 Å². The largest absolute Gasteiger partial charge is 0.354 e. The number of amides is 3. The van der Waals surface area contributed by atoms with Crippen molar-refractivity contribution in [2.45, 2.75) is 37.8 Å². The fraction of sp³-hybridized carbons (Fsp3) is 0.276. The third kappa shape index (κ3) is 6.49. The quantitative estimate of drug-likeness (QED) is 0.367. The molecule has 11 heteroatoms. The van der Waals surface area contributed by atoms with Crippen molar-refractivity contribution in [2.75, 3.05) is 13.1 Å². The Bertz CT molecular complexity index is 1530. The Hall–Kier alpha value is -3.40. The van der Waals surface area contributed by atoms with Crippen LogP contribution in [-0.4, -0.2) is 54.5 Å². The first-order valence-corrected chi connectivity index (χ1v) is 14.9. The molecule has 0 saturated carbocycles. The molecule has 0 radical (unpaired) electrons. The molecule has 0 aromatic heterocycles. The molecule has 4 rings (SSSR count). The van der Waals surface area contributed by atoms with Crippen LogP contribution in [0.4, 0.5) is 0 Å². The van der Waals surface area contributed by atoms with Crippen LogP contribution in [0.2, 0.25) is 10.0 Å². The summed E-state index contributed by atoms with van der Waals surface area (Å²) >= 11 is 12.5. The number of hydrogen-bond donors (Lipinski definition) is 1. The molecule has 0 saturated heterocycles. The molecule has 8 nitrogen and oxygen atoms in total. The monoisotopic (exact) mass is 601 g/mol. The minimum absolute atomic E-state index is 0.00175. The molecule has 3 amide bonds. The molecule has 0 aliphatic carbocycles. The highest BCUT2D eigenvalue weighted by atomic mass is 35.5. The molecule has 0 unspecified atom stereocenters. The van der Waals surface area contributed by atoms with Crippen LogP contribution in [-0.2, 0) is 32.6 Å². The molecule has 0 bridgehead atoms. The van der Waals surface area contributed by atoms with E-state index in [1.165, 1.54) is 29.2 Å². The second kappa shape index (κ2) is 12.4. The summed E-state index contributed by atoms with van der Waals surface area (Å²) in [6.45, 7) is 3.39. The lowest BCUT2D eigenvalue weighted by molar-refractivity contribution is -0.141. The summed E-state index contributed by atoms with van der Waals surface area (Å²) in [5.74, 6) is -1.77. The van der Waals surface area contributed by atoms with Crippen molar-refractivity contribution in [1.29, 1.82) is 0 Å². The zero-order valence-corrected chi connectivity index (χ0v) is 24.3. The van der Waals surface area contributed by atoms with Crippen molar-refractivity contribution in [1.82, 2.24) is 14.5 Å². The average molecular weight is 603 g/mol. The maximum Gasteiger partial charge on any atom is 0.269 e. The van der Waals surface area contributed by atoms with Gasteiger partial charge in [-0.2, -0.15) is 0 Å². The lowest BCUT2D eigenvalue weighted by Gasteiger charge is -2.33. The van der Waals surface area contributed by atoms with Crippen molar-refractivity contribution < 1.29 is 22.8 Å². The smallest absolute Gasteiger partial charge is 0.269 e. The molecule has 0 spiro atoms. The summed E-state index contributed by atoms with van der Waals surface area (Å²) in [4.78, 5) is 41.7. The van der Waals surface area contributed by atoms with Gasteiger partial charge in [-0.25, -0.2) is 12.7 Å². The van der Waals surface area contributed by atoms with Gasteiger partial charge >= 0.3 is 0 Å². The number of sulfonamides is 1. The number of fused-ring (bicyclic) bond motifs is 1. The number of hydrogen-bond acceptors (Lipinski definition) is 5. The Morgan fingerprint density at radius 1 is 0.975 bits per heavy atom. The number of nitrogens with zero attached hydrogens (tertiary/aromatic N) is 2. The number of nitrogens with one attached hydrogen (secondary N) is 1. The first-order valence-electron chi connectivity index (χ1n) is 12.7. The second-order valence-corrected chi connectivity index (χ2v) is 12.6. The SMILES string of the molecule is CC(C)CNC(=O)[C@@H](Cc1ccccc1)N(Cc1ccc(Cl)cc1Cl)C(=O)CN1C(=O)c2ccccc2S1(=O)=O. The zero-order chi connectivity index (χ0) is 29.0. The Kier molecular flexibility index (Phi) is 9.18. The van der Waals surface area contributed by atoms with Gasteiger partial charge in [0, 0.05) is 29.6 Å². The number of halogens is 2. The Balaban J connectivity index is 1.73. The minimum Gasteiger partial charge on any atom is -0.354 e. The average Bonchev–Trinajstić information content (AvgIpc) is 3.11. The van der Waals surface area contributed by atoms with Crippen molar-refractivity contribution in [2.24, 2.45) is 5.92 Å². The van der Waals surface area contributed by atoms with Crippen LogP contribution >= 0.6 is 23.2 Å². The summed E-state index contributed by atoms with van der Waals surface area (Å²) in [7, 11) is -4.24. The van der Waals surface area contributed by atoms with E-state index in [4.69, 9.17) is 23.2 Å². The first kappa shape index (κ1) is 29.6. The molecule has 1 aliphatic heterocycles. The van der Waals surface area contributed by atoms with Crippen LogP contribution in [0, 0.1) is 5.92 Å². The molecular weight excluding hydrogens is 573 g/mol. The molecule has 1 heterocycles. The van der Waals surface area contributed by atoms with Crippen LogP contribution in [0.15, 0.2) is 77.7 Å². The number of benzene rings is 3. The second-order valence-electron chi connectivity index (χ2n) is 9.91. The van der Waals surface area contributed by atoms with Gasteiger partial charge in [0.25, 0.3) is 15.9 Å². The van der Waals surface area contributed by atoms with E-state index < -0.39 is 40.3 Å². The third-order valence-electron chi connectivity index (χ3n) is 6.50. The molecule has 40 heavy (non-hydrogen) atoms. The zero-order valence-electron chi connectivity index (χ0n) is 22.0. The minimum atomic E-state index is -4.24. The number of carbonyl (C=O) groups is 3. The Morgan fingerprint density at radius 3 is 2.30 bits per heavy atom. The predicted molar refractivity (Wildman–Crippen MR) is 153 cm³/mol. The molecule has 3 aromatic rings. The van der Waals surface area contributed by atoms with E-state index in [2.05, 4.69) is 5.32 Å². The normalized spacial score (nSPS) is 14.6. The van der Waals surface area contributed by atoms with E-state index in [-0.39, 0.29) is 34.4 Å². The lowest BCUT2D eigenvalue weighted by atomic mass is 10.0. The van der Waals surface area contributed by atoms with E-state index in [1.807, 2.05) is 44.2 Å². The van der Waals surface area contributed by atoms with E-state index in [1.54, 1.807) is 18.2 Å². The van der Waals surface area contributed by atoms with E-state index in [9.17, 15) is 22.8 Å². The van der Waals surface area contributed by atoms with Gasteiger partial charge in [0.15, 0.2) is 0 Å². The lowest BCUT2D eigenvalue weighted by Crippen LogP contribution is -2.53. The summed E-state index contributed by atoms with van der Waals surface area (Å²) in [5, 5.41) is 3.57. The van der Waals surface area contributed by atoms with Crippen molar-refractivity contribution in [3.63, 3.8) is 0 Å². The number of carbonyl (C=O) groups excluding carboxylic acids is 3. The molecule has 0 fully saturated rings. The van der Waals surface area contributed by atoms with Gasteiger partial charge in [-0.3, -0.25) is 14.4 Å². The van der Waals surface area contributed by atoms with Gasteiger partial charge in [0.05, 0.1) is 5.56 Å². The van der Waals surface area contributed by atoms with Gasteiger partial charge in [-0.05, 0) is 41.3 Å². The predicted octanol–water partition coefficient (Wildman–Crippen LogP) is 4.55. The van der Waals surface area contributed by atoms with Gasteiger partial charge in [-0.15, -0.1) is 0 Å². The maximum absolute atomic E-state index is 14.0. The number of rotatable bonds is 10. The van der Waals surface area contributed by atoms with Gasteiger partial charge in [0.1, 0.15) is 17.5 Å². The van der Waals surface area contributed by atoms with Gasteiger partial charge < -0.3 is 10.2 Å². The molecule has 1 N–H and O–H groups in total. The summed E-state index contributed by atoms with van der Waals surface area (Å²) in [6, 6.07) is 18.7.